The second-order valence-electron chi connectivity index (χ2n) is 8.91. The first-order valence-electron chi connectivity index (χ1n) is 11.8. The second-order valence-corrected chi connectivity index (χ2v) is 11.2. The van der Waals surface area contributed by atoms with Gasteiger partial charge in [-0.25, -0.2) is 23.9 Å². The van der Waals surface area contributed by atoms with E-state index in [9.17, 15) is 14.5 Å². The van der Waals surface area contributed by atoms with Crippen LogP contribution in [0.5, 0.6) is 5.75 Å². The smallest absolute Gasteiger partial charge is 0.459 e. The molecule has 1 aliphatic heterocycles. The van der Waals surface area contributed by atoms with Crippen molar-refractivity contribution in [3.05, 3.63) is 48.5 Å². The van der Waals surface area contributed by atoms with E-state index in [1.807, 2.05) is 0 Å². The normalized spacial score (nSPS) is 25.8. The molecule has 1 unspecified atom stereocenters. The minimum Gasteiger partial charge on any atom is -0.462 e. The van der Waals surface area contributed by atoms with Gasteiger partial charge in [0.2, 0.25) is 0 Å². The number of aliphatic hydroxyl groups is 1. The van der Waals surface area contributed by atoms with Crippen LogP contribution in [0.1, 0.15) is 32.8 Å². The zero-order chi connectivity index (χ0) is 27.7. The lowest BCUT2D eigenvalue weighted by molar-refractivity contribution is -0.149. The first kappa shape index (κ1) is 28.3. The summed E-state index contributed by atoms with van der Waals surface area (Å²) in [5, 5.41) is 10.4. The molecule has 3 aromatic rings. The van der Waals surface area contributed by atoms with Crippen LogP contribution >= 0.6 is 19.3 Å². The van der Waals surface area contributed by atoms with E-state index in [1.165, 1.54) is 36.0 Å². The molecule has 206 valence electrons. The van der Waals surface area contributed by atoms with Crippen LogP contribution in [-0.4, -0.2) is 66.7 Å². The molecule has 1 aromatic carbocycles. The Balaban J connectivity index is 1.55. The molecule has 2 aromatic heterocycles. The molecular formula is C23H28ClFN5O7P. The summed E-state index contributed by atoms with van der Waals surface area (Å²) in [4.78, 5) is 24.8. The van der Waals surface area contributed by atoms with E-state index in [0.717, 1.165) is 0 Å². The third-order valence-electron chi connectivity index (χ3n) is 5.55. The molecule has 1 fully saturated rings. The Hall–Kier alpha value is -2.67. The van der Waals surface area contributed by atoms with Crippen LogP contribution in [0.2, 0.25) is 0 Å². The number of esters is 1. The summed E-state index contributed by atoms with van der Waals surface area (Å²) in [6.07, 6.45) is -2.43. The number of carbonyl (C=O) groups is 1. The highest BCUT2D eigenvalue weighted by atomic mass is 35.5. The van der Waals surface area contributed by atoms with Crippen LogP contribution in [0.15, 0.2) is 42.7 Å². The van der Waals surface area contributed by atoms with Crippen molar-refractivity contribution in [2.24, 2.45) is 0 Å². The molecule has 1 saturated heterocycles. The highest BCUT2D eigenvalue weighted by Gasteiger charge is 2.58. The zero-order valence-electron chi connectivity index (χ0n) is 21.0. The number of aliphatic hydroxyl groups excluding tert-OH is 1. The van der Waals surface area contributed by atoms with Crippen molar-refractivity contribution in [1.29, 1.82) is 0 Å². The van der Waals surface area contributed by atoms with Crippen LogP contribution in [-0.2, 0) is 23.4 Å². The van der Waals surface area contributed by atoms with Crippen molar-refractivity contribution in [3.8, 4) is 5.75 Å². The summed E-state index contributed by atoms with van der Waals surface area (Å²) in [5.41, 5.74) is 0.436. The number of aryl methyl sites for hydroxylation is 1. The van der Waals surface area contributed by atoms with Crippen molar-refractivity contribution < 1.29 is 37.4 Å². The topological polar surface area (TPSA) is 147 Å². The third kappa shape index (κ3) is 5.98. The molecular weight excluding hydrogens is 544 g/mol. The van der Waals surface area contributed by atoms with Crippen molar-refractivity contribution in [2.75, 3.05) is 6.61 Å². The van der Waals surface area contributed by atoms with E-state index >= 15 is 4.39 Å². The second kappa shape index (κ2) is 11.2. The van der Waals surface area contributed by atoms with Gasteiger partial charge in [-0.3, -0.25) is 13.9 Å². The Morgan fingerprint density at radius 1 is 1.29 bits per heavy atom. The average Bonchev–Trinajstić information content (AvgIpc) is 3.29. The van der Waals surface area contributed by atoms with E-state index in [2.05, 4.69) is 20.0 Å². The van der Waals surface area contributed by atoms with E-state index in [0.29, 0.717) is 5.82 Å². The number of hydrogen-bond acceptors (Lipinski definition) is 10. The van der Waals surface area contributed by atoms with Crippen LogP contribution in [0.4, 0.5) is 4.39 Å². The average molecular weight is 572 g/mol. The Morgan fingerprint density at radius 3 is 2.66 bits per heavy atom. The lowest BCUT2D eigenvalue weighted by Crippen LogP contribution is -2.40. The summed E-state index contributed by atoms with van der Waals surface area (Å²) in [5.74, 6) is -0.218. The Kier molecular flexibility index (Phi) is 8.36. The SMILES string of the molecule is Cc1nc2nccnc2n1[C@@H]1O[C@H](CO[P@](=O)(NC(C)C(=O)OC(C)C)Oc2ccccc2)[C@@H](O)[C@]1(F)Cl. The summed E-state index contributed by atoms with van der Waals surface area (Å²) >= 11 is 6.13. The van der Waals surface area contributed by atoms with Gasteiger partial charge in [0.1, 0.15) is 29.8 Å². The lowest BCUT2D eigenvalue weighted by Gasteiger charge is -2.25. The van der Waals surface area contributed by atoms with Crippen molar-refractivity contribution in [3.63, 3.8) is 0 Å². The van der Waals surface area contributed by atoms with Gasteiger partial charge in [0.15, 0.2) is 17.5 Å². The van der Waals surface area contributed by atoms with Crippen LogP contribution < -0.4 is 9.61 Å². The standard InChI is InChI=1S/C23H28ClFN5O7P/c1-13(2)35-21(32)14(3)29-38(33,37-16-8-6-5-7-9-16)34-12-17-18(31)23(24,25)22(36-17)30-15(4)28-19-20(30)27-11-10-26-19/h5-11,13-14,17-18,22,31H,12H2,1-4H3,(H,29,33)/t14?,17-,18-,22-,23-,38-/m1/s1. The first-order valence-corrected chi connectivity index (χ1v) is 13.7. The number of alkyl halides is 2. The number of aromatic nitrogens is 4. The molecule has 2 N–H and O–H groups in total. The van der Waals surface area contributed by atoms with Gasteiger partial charge in [0.25, 0.3) is 5.13 Å². The van der Waals surface area contributed by atoms with Gasteiger partial charge >= 0.3 is 13.7 Å². The van der Waals surface area contributed by atoms with Gasteiger partial charge in [-0.15, -0.1) is 0 Å². The van der Waals surface area contributed by atoms with Gasteiger partial charge in [-0.1, -0.05) is 29.8 Å². The number of hydrogen-bond donors (Lipinski definition) is 2. The number of carbonyl (C=O) groups excluding carboxylic acids is 1. The lowest BCUT2D eigenvalue weighted by atomic mass is 10.1. The number of nitrogens with zero attached hydrogens (tertiary/aromatic N) is 4. The number of benzene rings is 1. The van der Waals surface area contributed by atoms with Crippen molar-refractivity contribution in [2.45, 2.75) is 63.4 Å². The number of imidazole rings is 1. The minimum atomic E-state index is -4.29. The fraction of sp³-hybridized carbons (Fsp3) is 0.478. The molecule has 3 heterocycles. The summed E-state index contributed by atoms with van der Waals surface area (Å²) in [6, 6.07) is 6.99. The fourth-order valence-electron chi connectivity index (χ4n) is 3.81. The van der Waals surface area contributed by atoms with Gasteiger partial charge < -0.3 is 19.1 Å². The van der Waals surface area contributed by atoms with Crippen LogP contribution in [0, 0.1) is 6.92 Å². The maximum Gasteiger partial charge on any atom is 0.459 e. The van der Waals surface area contributed by atoms with Gasteiger partial charge in [0, 0.05) is 12.4 Å². The summed E-state index contributed by atoms with van der Waals surface area (Å²) in [7, 11) is -4.29. The molecule has 12 nitrogen and oxygen atoms in total. The maximum absolute atomic E-state index is 15.7. The largest absolute Gasteiger partial charge is 0.462 e. The van der Waals surface area contributed by atoms with E-state index < -0.39 is 56.0 Å². The molecule has 0 spiro atoms. The molecule has 0 radical (unpaired) electrons. The highest BCUT2D eigenvalue weighted by molar-refractivity contribution is 7.52. The monoisotopic (exact) mass is 571 g/mol. The van der Waals surface area contributed by atoms with Crippen molar-refractivity contribution >= 4 is 36.6 Å². The van der Waals surface area contributed by atoms with Gasteiger partial charge in [-0.2, -0.15) is 5.09 Å². The Labute approximate surface area is 223 Å². The number of rotatable bonds is 10. The highest BCUT2D eigenvalue weighted by Crippen LogP contribution is 2.49. The molecule has 0 saturated carbocycles. The molecule has 15 heteroatoms. The summed E-state index contributed by atoms with van der Waals surface area (Å²) < 4.78 is 52.6. The van der Waals surface area contributed by atoms with Gasteiger partial charge in [-0.05, 0) is 39.8 Å². The number of fused-ring (bicyclic) bond motifs is 1. The molecule has 1 aliphatic rings. The molecule has 0 aliphatic carbocycles. The van der Waals surface area contributed by atoms with Crippen molar-refractivity contribution in [1.82, 2.24) is 24.6 Å². The van der Waals surface area contributed by atoms with E-state index in [1.54, 1.807) is 39.0 Å². The summed E-state index contributed by atoms with van der Waals surface area (Å²) in [6.45, 7) is 5.73. The van der Waals surface area contributed by atoms with E-state index in [4.69, 9.17) is 30.1 Å². The predicted molar refractivity (Wildman–Crippen MR) is 134 cm³/mol. The van der Waals surface area contributed by atoms with Crippen LogP contribution in [0.25, 0.3) is 11.3 Å². The van der Waals surface area contributed by atoms with Gasteiger partial charge in [0.05, 0.1) is 12.7 Å². The number of para-hydroxylation sites is 1. The zero-order valence-corrected chi connectivity index (χ0v) is 22.7. The quantitative estimate of drug-likeness (QED) is 0.209. The Bertz CT molecular complexity index is 1330. The number of nitrogens with one attached hydrogen (secondary N) is 1. The van der Waals surface area contributed by atoms with E-state index in [-0.39, 0.29) is 17.0 Å². The number of ether oxygens (including phenoxy) is 2. The minimum absolute atomic E-state index is 0.176. The number of halogens is 2. The fourth-order valence-corrected chi connectivity index (χ4v) is 5.60. The molecule has 6 atom stereocenters. The Morgan fingerprint density at radius 2 is 1.97 bits per heavy atom. The predicted octanol–water partition coefficient (Wildman–Crippen LogP) is 3.43. The third-order valence-corrected chi connectivity index (χ3v) is 7.61. The molecule has 4 rings (SSSR count). The first-order chi connectivity index (χ1) is 17.9. The van der Waals surface area contributed by atoms with Crippen LogP contribution in [0.3, 0.4) is 0 Å². The maximum atomic E-state index is 15.7. The molecule has 0 amide bonds. The molecule has 0 bridgehead atoms. The molecule has 38 heavy (non-hydrogen) atoms.